The molecule has 19 heavy (non-hydrogen) atoms. The Hall–Kier alpha value is -1.82. The molecule has 0 saturated carbocycles. The third-order valence-electron chi connectivity index (χ3n) is 2.59. The number of nitrogens with one attached hydrogen (secondary N) is 1. The number of imidazole rings is 1. The Labute approximate surface area is 115 Å². The maximum Gasteiger partial charge on any atom is 0.233 e. The fourth-order valence-corrected chi connectivity index (χ4v) is 2.56. The van der Waals surface area contributed by atoms with Gasteiger partial charge in [0.25, 0.3) is 0 Å². The van der Waals surface area contributed by atoms with Crippen LogP contribution in [0.1, 0.15) is 6.92 Å². The number of carbonyl (C=O) groups is 1. The first-order valence-corrected chi connectivity index (χ1v) is 6.67. The van der Waals surface area contributed by atoms with E-state index in [2.05, 4.69) is 10.3 Å². The first-order chi connectivity index (χ1) is 9.11. The van der Waals surface area contributed by atoms with Crippen LogP contribution in [0.2, 0.25) is 0 Å². The van der Waals surface area contributed by atoms with Crippen LogP contribution in [0.25, 0.3) is 5.69 Å². The SMILES string of the molecule is CNC(=O)C(C)Sc1nccn1-c1cccc(F)c1. The van der Waals surface area contributed by atoms with E-state index in [-0.39, 0.29) is 17.0 Å². The lowest BCUT2D eigenvalue weighted by Crippen LogP contribution is -2.27. The molecule has 4 nitrogen and oxygen atoms in total. The van der Waals surface area contributed by atoms with Crippen molar-refractivity contribution < 1.29 is 9.18 Å². The lowest BCUT2D eigenvalue weighted by Gasteiger charge is -2.11. The van der Waals surface area contributed by atoms with Gasteiger partial charge >= 0.3 is 0 Å². The molecule has 2 aromatic rings. The predicted molar refractivity (Wildman–Crippen MR) is 72.9 cm³/mol. The van der Waals surface area contributed by atoms with Crippen LogP contribution in [0.5, 0.6) is 0 Å². The lowest BCUT2D eigenvalue weighted by molar-refractivity contribution is -0.119. The second kappa shape index (κ2) is 5.88. The highest BCUT2D eigenvalue weighted by molar-refractivity contribution is 8.00. The molecule has 2 rings (SSSR count). The molecule has 0 bridgehead atoms. The third kappa shape index (κ3) is 3.14. The number of benzene rings is 1. The molecule has 0 saturated heterocycles. The normalized spacial score (nSPS) is 12.2. The first-order valence-electron chi connectivity index (χ1n) is 5.79. The summed E-state index contributed by atoms with van der Waals surface area (Å²) in [6.07, 6.45) is 3.37. The van der Waals surface area contributed by atoms with Gasteiger partial charge in [0.1, 0.15) is 5.82 Å². The van der Waals surface area contributed by atoms with Gasteiger partial charge in [0.05, 0.1) is 10.9 Å². The summed E-state index contributed by atoms with van der Waals surface area (Å²) >= 11 is 1.33. The molecule has 6 heteroatoms. The maximum absolute atomic E-state index is 13.2. The van der Waals surface area contributed by atoms with E-state index in [1.807, 2.05) is 0 Å². The highest BCUT2D eigenvalue weighted by Crippen LogP contribution is 2.24. The number of halogens is 1. The van der Waals surface area contributed by atoms with Gasteiger partial charge in [-0.05, 0) is 25.1 Å². The van der Waals surface area contributed by atoms with Crippen molar-refractivity contribution in [1.29, 1.82) is 0 Å². The number of carbonyl (C=O) groups excluding carboxylic acids is 1. The van der Waals surface area contributed by atoms with Crippen molar-refractivity contribution in [2.45, 2.75) is 17.3 Å². The quantitative estimate of drug-likeness (QED) is 0.873. The Morgan fingerprint density at radius 3 is 3.00 bits per heavy atom. The Morgan fingerprint density at radius 2 is 2.32 bits per heavy atom. The van der Waals surface area contributed by atoms with Gasteiger partial charge in [-0.2, -0.15) is 0 Å². The molecule has 1 N–H and O–H groups in total. The molecule has 1 atom stereocenters. The molecule has 1 aromatic heterocycles. The van der Waals surface area contributed by atoms with Crippen LogP contribution in [0.4, 0.5) is 4.39 Å². The summed E-state index contributed by atoms with van der Waals surface area (Å²) in [5, 5.41) is 2.98. The molecule has 1 unspecified atom stereocenters. The van der Waals surface area contributed by atoms with E-state index in [1.165, 1.54) is 23.9 Å². The molecular formula is C13H14FN3OS. The summed E-state index contributed by atoms with van der Waals surface area (Å²) in [5.41, 5.74) is 0.684. The van der Waals surface area contributed by atoms with Gasteiger partial charge in [0.2, 0.25) is 5.91 Å². The summed E-state index contributed by atoms with van der Waals surface area (Å²) in [6.45, 7) is 1.80. The molecular weight excluding hydrogens is 265 g/mol. The van der Waals surface area contributed by atoms with Gasteiger partial charge in [0.15, 0.2) is 5.16 Å². The van der Waals surface area contributed by atoms with E-state index < -0.39 is 0 Å². The number of rotatable bonds is 4. The zero-order valence-electron chi connectivity index (χ0n) is 10.6. The zero-order valence-corrected chi connectivity index (χ0v) is 11.4. The summed E-state index contributed by atoms with van der Waals surface area (Å²) in [4.78, 5) is 15.7. The van der Waals surface area contributed by atoms with Gasteiger partial charge in [-0.25, -0.2) is 9.37 Å². The molecule has 100 valence electrons. The Balaban J connectivity index is 2.25. The fraction of sp³-hybridized carbons (Fsp3) is 0.231. The molecule has 0 radical (unpaired) electrons. The van der Waals surface area contributed by atoms with Crippen LogP contribution in [-0.4, -0.2) is 27.8 Å². The van der Waals surface area contributed by atoms with Gasteiger partial charge in [-0.15, -0.1) is 0 Å². The zero-order chi connectivity index (χ0) is 13.8. The van der Waals surface area contributed by atoms with Crippen LogP contribution >= 0.6 is 11.8 Å². The van der Waals surface area contributed by atoms with E-state index in [0.29, 0.717) is 10.8 Å². The Bertz CT molecular complexity index is 585. The lowest BCUT2D eigenvalue weighted by atomic mass is 10.3. The van der Waals surface area contributed by atoms with Crippen LogP contribution in [0, 0.1) is 5.82 Å². The average Bonchev–Trinajstić information content (AvgIpc) is 2.85. The highest BCUT2D eigenvalue weighted by Gasteiger charge is 2.16. The van der Waals surface area contributed by atoms with E-state index in [0.717, 1.165) is 0 Å². The number of aromatic nitrogens is 2. The first kappa shape index (κ1) is 13.6. The van der Waals surface area contributed by atoms with E-state index in [1.54, 1.807) is 43.1 Å². The van der Waals surface area contributed by atoms with Gasteiger partial charge in [-0.1, -0.05) is 17.8 Å². The summed E-state index contributed by atoms with van der Waals surface area (Å²) < 4.78 is 15.0. The standard InChI is InChI=1S/C13H14FN3OS/c1-9(12(18)15-2)19-13-16-6-7-17(13)11-5-3-4-10(14)8-11/h3-9H,1-2H3,(H,15,18). The van der Waals surface area contributed by atoms with Crippen molar-refractivity contribution in [3.8, 4) is 5.69 Å². The molecule has 1 heterocycles. The van der Waals surface area contributed by atoms with Crippen molar-refractivity contribution in [1.82, 2.24) is 14.9 Å². The minimum absolute atomic E-state index is 0.0706. The number of thioether (sulfide) groups is 1. The molecule has 0 aliphatic heterocycles. The average molecular weight is 279 g/mol. The maximum atomic E-state index is 13.2. The highest BCUT2D eigenvalue weighted by atomic mass is 32.2. The van der Waals surface area contributed by atoms with E-state index in [9.17, 15) is 9.18 Å². The minimum atomic E-state index is -0.304. The monoisotopic (exact) mass is 279 g/mol. The number of amides is 1. The van der Waals surface area contributed by atoms with Crippen molar-refractivity contribution in [3.63, 3.8) is 0 Å². The summed E-state index contributed by atoms with van der Waals surface area (Å²) in [5.74, 6) is -0.375. The minimum Gasteiger partial charge on any atom is -0.358 e. The summed E-state index contributed by atoms with van der Waals surface area (Å²) in [6, 6.07) is 6.25. The molecule has 0 fully saturated rings. The Morgan fingerprint density at radius 1 is 1.53 bits per heavy atom. The molecule has 1 aromatic carbocycles. The molecule has 0 spiro atoms. The van der Waals surface area contributed by atoms with Gasteiger partial charge < -0.3 is 5.32 Å². The van der Waals surface area contributed by atoms with Crippen LogP contribution in [0.15, 0.2) is 41.8 Å². The van der Waals surface area contributed by atoms with Crippen molar-refractivity contribution in [3.05, 3.63) is 42.5 Å². The Kier molecular flexibility index (Phi) is 4.21. The van der Waals surface area contributed by atoms with Crippen LogP contribution < -0.4 is 5.32 Å². The second-order valence-corrected chi connectivity index (χ2v) is 5.24. The van der Waals surface area contributed by atoms with Gasteiger partial charge in [0, 0.05) is 19.4 Å². The topological polar surface area (TPSA) is 46.9 Å². The van der Waals surface area contributed by atoms with Crippen LogP contribution in [0.3, 0.4) is 0 Å². The number of nitrogens with zero attached hydrogens (tertiary/aromatic N) is 2. The second-order valence-electron chi connectivity index (χ2n) is 3.93. The van der Waals surface area contributed by atoms with Crippen LogP contribution in [-0.2, 0) is 4.79 Å². The predicted octanol–water partition coefficient (Wildman–Crippen LogP) is 2.24. The molecule has 0 aliphatic rings. The van der Waals surface area contributed by atoms with Crippen molar-refractivity contribution in [2.75, 3.05) is 7.05 Å². The largest absolute Gasteiger partial charge is 0.358 e. The smallest absolute Gasteiger partial charge is 0.233 e. The van der Waals surface area contributed by atoms with E-state index >= 15 is 0 Å². The molecule has 1 amide bonds. The van der Waals surface area contributed by atoms with Crippen molar-refractivity contribution in [2.24, 2.45) is 0 Å². The van der Waals surface area contributed by atoms with E-state index in [4.69, 9.17) is 0 Å². The van der Waals surface area contributed by atoms with Gasteiger partial charge in [-0.3, -0.25) is 9.36 Å². The fourth-order valence-electron chi connectivity index (χ4n) is 1.61. The summed E-state index contributed by atoms with van der Waals surface area (Å²) in [7, 11) is 1.60. The van der Waals surface area contributed by atoms with Crippen molar-refractivity contribution >= 4 is 17.7 Å². The number of hydrogen-bond donors (Lipinski definition) is 1. The third-order valence-corrected chi connectivity index (χ3v) is 3.67. The molecule has 0 aliphatic carbocycles. The number of hydrogen-bond acceptors (Lipinski definition) is 3.